The zero-order chi connectivity index (χ0) is 34.3. The number of fused-ring (bicyclic) bond motifs is 2. The number of allylic oxidation sites excluding steroid dienone is 2. The van der Waals surface area contributed by atoms with Gasteiger partial charge in [-0.15, -0.1) is 0 Å². The van der Waals surface area contributed by atoms with Crippen LogP contribution in [0.15, 0.2) is 42.5 Å². The van der Waals surface area contributed by atoms with Crippen molar-refractivity contribution in [3.05, 3.63) is 53.6 Å². The normalized spacial score (nSPS) is 28.8. The lowest BCUT2D eigenvalue weighted by molar-refractivity contribution is -0.105. The SMILES string of the molecule is [2H]C([2H])(O[Si](C)(C)C(C)(C)C)C12C=CC(C([2H])([2H])O[Si](C)(C)C(C)(C)C)(CC(c3ccc(N)c(C4=CCC(C)(C)CC4)c3)=C1)O2. The van der Waals surface area contributed by atoms with Crippen molar-refractivity contribution in [2.24, 2.45) is 5.41 Å². The molecule has 6 heteroatoms. The van der Waals surface area contributed by atoms with Crippen LogP contribution in [0.3, 0.4) is 0 Å². The molecule has 0 amide bonds. The summed E-state index contributed by atoms with van der Waals surface area (Å²) < 4.78 is 57.3. The van der Waals surface area contributed by atoms with Gasteiger partial charge in [0.05, 0.1) is 18.6 Å². The minimum absolute atomic E-state index is 0.179. The van der Waals surface area contributed by atoms with E-state index in [1.165, 1.54) is 5.57 Å². The van der Waals surface area contributed by atoms with Crippen molar-refractivity contribution in [1.82, 2.24) is 0 Å². The molecule has 0 saturated heterocycles. The van der Waals surface area contributed by atoms with E-state index in [-0.39, 0.29) is 21.9 Å². The van der Waals surface area contributed by atoms with E-state index in [0.717, 1.165) is 36.0 Å². The van der Waals surface area contributed by atoms with Crippen LogP contribution >= 0.6 is 0 Å². The van der Waals surface area contributed by atoms with Gasteiger partial charge in [-0.2, -0.15) is 0 Å². The van der Waals surface area contributed by atoms with E-state index in [2.05, 4.69) is 67.5 Å². The Kier molecular flexibility index (Phi) is 7.03. The molecule has 3 aliphatic rings. The molecule has 1 aromatic carbocycles. The summed E-state index contributed by atoms with van der Waals surface area (Å²) in [5.74, 6) is 0. The van der Waals surface area contributed by atoms with E-state index in [1.54, 1.807) is 12.2 Å². The van der Waals surface area contributed by atoms with Gasteiger partial charge in [0.1, 0.15) is 11.2 Å². The van der Waals surface area contributed by atoms with E-state index in [1.807, 2.05) is 44.4 Å². The van der Waals surface area contributed by atoms with Gasteiger partial charge < -0.3 is 19.3 Å². The highest BCUT2D eigenvalue weighted by Crippen LogP contribution is 2.49. The number of benzene rings is 1. The first-order valence-electron chi connectivity index (χ1n) is 17.2. The number of nitrogens with two attached hydrogens (primary N) is 1. The molecule has 2 N–H and O–H groups in total. The van der Waals surface area contributed by atoms with Gasteiger partial charge in [0.25, 0.3) is 0 Å². The zero-order valence-electron chi connectivity index (χ0n) is 31.7. The number of rotatable bonds is 8. The van der Waals surface area contributed by atoms with Gasteiger partial charge in [-0.25, -0.2) is 0 Å². The first kappa shape index (κ1) is 27.1. The lowest BCUT2D eigenvalue weighted by Gasteiger charge is -2.44. The standard InChI is InChI=1S/C35H57NO3Si2/c1-31(2,3)40(9,10)37-24-34-19-20-35(39-34,25-38-41(11,12)32(4,5)6)23-28(22-34)27-13-14-30(36)29(21-27)26-15-17-33(7,8)18-16-26/h13-15,19-22H,16-18,23-25,36H2,1-12H3/i24D2,25D2. The van der Waals surface area contributed by atoms with Crippen LogP contribution in [0.4, 0.5) is 5.69 Å². The molecule has 228 valence electrons. The molecule has 41 heavy (non-hydrogen) atoms. The van der Waals surface area contributed by atoms with E-state index >= 15 is 0 Å². The molecule has 2 aliphatic heterocycles. The second-order valence-corrected chi connectivity index (χ2v) is 25.7. The van der Waals surface area contributed by atoms with Gasteiger partial charge in [-0.05, 0) is 102 Å². The molecule has 2 unspecified atom stereocenters. The van der Waals surface area contributed by atoms with Crippen molar-refractivity contribution in [3.63, 3.8) is 0 Å². The molecule has 0 saturated carbocycles. The van der Waals surface area contributed by atoms with Crippen molar-refractivity contribution in [2.45, 2.75) is 129 Å². The second kappa shape index (κ2) is 10.6. The largest absolute Gasteiger partial charge is 0.414 e. The van der Waals surface area contributed by atoms with Crippen molar-refractivity contribution in [2.75, 3.05) is 18.9 Å². The van der Waals surface area contributed by atoms with Gasteiger partial charge in [-0.1, -0.05) is 73.6 Å². The predicted octanol–water partition coefficient (Wildman–Crippen LogP) is 9.76. The monoisotopic (exact) mass is 599 g/mol. The van der Waals surface area contributed by atoms with Crippen LogP contribution in [-0.2, 0) is 13.6 Å². The maximum atomic E-state index is 9.42. The second-order valence-electron chi connectivity index (χ2n) is 16.3. The highest BCUT2D eigenvalue weighted by atomic mass is 28.4. The highest BCUT2D eigenvalue weighted by molar-refractivity contribution is 6.74. The first-order valence-corrected chi connectivity index (χ1v) is 21.0. The fraction of sp³-hybridized carbons (Fsp3) is 0.657. The molecule has 1 aromatic rings. The molecule has 2 heterocycles. The van der Waals surface area contributed by atoms with Gasteiger partial charge in [0.15, 0.2) is 16.6 Å². The Bertz CT molecular complexity index is 1420. The average Bonchev–Trinajstić information content (AvgIpc) is 3.15. The third kappa shape index (κ3) is 6.88. The molecule has 0 aromatic heterocycles. The quantitative estimate of drug-likeness (QED) is 0.184. The van der Waals surface area contributed by atoms with Gasteiger partial charge in [0.2, 0.25) is 0 Å². The summed E-state index contributed by atoms with van der Waals surface area (Å²) in [6, 6.07) is 5.96. The molecule has 2 atom stereocenters. The Morgan fingerprint density at radius 2 is 1.54 bits per heavy atom. The molecule has 0 radical (unpaired) electrons. The highest BCUT2D eigenvalue weighted by Gasteiger charge is 2.51. The minimum atomic E-state index is -2.61. The fourth-order valence-corrected chi connectivity index (χ4v) is 6.29. The first-order chi connectivity index (χ1) is 20.1. The van der Waals surface area contributed by atoms with Gasteiger partial charge in [0, 0.05) is 17.7 Å². The van der Waals surface area contributed by atoms with Gasteiger partial charge in [-0.3, -0.25) is 0 Å². The van der Waals surface area contributed by atoms with Crippen molar-refractivity contribution < 1.29 is 19.1 Å². The Morgan fingerprint density at radius 3 is 2.10 bits per heavy atom. The summed E-state index contributed by atoms with van der Waals surface area (Å²) in [6.45, 7) is 20.6. The smallest absolute Gasteiger partial charge is 0.192 e. The Balaban J connectivity index is 1.86. The lowest BCUT2D eigenvalue weighted by Crippen LogP contribution is -2.51. The van der Waals surface area contributed by atoms with E-state index < -0.39 is 41.0 Å². The van der Waals surface area contributed by atoms with Crippen LogP contribution in [0.2, 0.25) is 36.3 Å². The summed E-state index contributed by atoms with van der Waals surface area (Å²) in [6.07, 6.45) is 10.6. The summed E-state index contributed by atoms with van der Waals surface area (Å²) in [4.78, 5) is 0. The Hall–Kier alpha value is -1.45. The number of anilines is 1. The predicted molar refractivity (Wildman–Crippen MR) is 181 cm³/mol. The Labute approximate surface area is 258 Å². The minimum Gasteiger partial charge on any atom is -0.414 e. The number of nitrogen functional groups attached to an aromatic ring is 1. The molecule has 4 rings (SSSR count). The van der Waals surface area contributed by atoms with Crippen LogP contribution in [0.5, 0.6) is 0 Å². The molecular formula is C35H57NO3Si2. The maximum Gasteiger partial charge on any atom is 0.192 e. The number of hydrogen-bond donors (Lipinski definition) is 1. The molecule has 2 bridgehead atoms. The Morgan fingerprint density at radius 1 is 0.927 bits per heavy atom. The molecule has 0 fully saturated rings. The molecule has 4 nitrogen and oxygen atoms in total. The molecule has 0 spiro atoms. The van der Waals surface area contributed by atoms with Crippen LogP contribution < -0.4 is 5.73 Å². The lowest BCUT2D eigenvalue weighted by atomic mass is 9.76. The summed E-state index contributed by atoms with van der Waals surface area (Å²) in [7, 11) is -5.22. The van der Waals surface area contributed by atoms with E-state index in [9.17, 15) is 5.48 Å². The van der Waals surface area contributed by atoms with Gasteiger partial charge >= 0.3 is 0 Å². The summed E-state index contributed by atoms with van der Waals surface area (Å²) >= 11 is 0. The average molecular weight is 600 g/mol. The number of ether oxygens (including phenoxy) is 1. The molecular weight excluding hydrogens is 539 g/mol. The van der Waals surface area contributed by atoms with E-state index in [0.29, 0.717) is 5.69 Å². The van der Waals surface area contributed by atoms with Crippen LogP contribution in [0.25, 0.3) is 11.1 Å². The number of hydrogen-bond acceptors (Lipinski definition) is 4. The van der Waals surface area contributed by atoms with Crippen LogP contribution in [0.1, 0.15) is 97.7 Å². The summed E-state index contributed by atoms with van der Waals surface area (Å²) in [5, 5.41) is -0.482. The van der Waals surface area contributed by atoms with Crippen molar-refractivity contribution in [3.8, 4) is 0 Å². The van der Waals surface area contributed by atoms with E-state index in [4.69, 9.17) is 19.3 Å². The molecule has 1 aliphatic carbocycles. The maximum absolute atomic E-state index is 9.42. The third-order valence-corrected chi connectivity index (χ3v) is 18.5. The van der Waals surface area contributed by atoms with Crippen molar-refractivity contribution in [1.29, 1.82) is 0 Å². The fourth-order valence-electron chi connectivity index (χ4n) is 4.84. The van der Waals surface area contributed by atoms with Crippen LogP contribution in [0, 0.1) is 5.41 Å². The third-order valence-electron chi connectivity index (χ3n) is 10.1. The zero-order valence-corrected chi connectivity index (χ0v) is 29.7. The topological polar surface area (TPSA) is 53.7 Å². The van der Waals surface area contributed by atoms with Crippen LogP contribution in [-0.4, -0.2) is 41.0 Å². The van der Waals surface area contributed by atoms with Crippen molar-refractivity contribution >= 4 is 33.5 Å². The summed E-state index contributed by atoms with van der Waals surface area (Å²) in [5.41, 5.74) is 8.16.